The van der Waals surface area contributed by atoms with Crippen LogP contribution in [0.3, 0.4) is 0 Å². The lowest BCUT2D eigenvalue weighted by atomic mass is 10.2. The van der Waals surface area contributed by atoms with Crippen molar-refractivity contribution in [3.05, 3.63) is 52.2 Å². The van der Waals surface area contributed by atoms with E-state index >= 15 is 0 Å². The fraction of sp³-hybridized carbons (Fsp3) is 0.316. The topological polar surface area (TPSA) is 75.7 Å². The first-order valence-corrected chi connectivity index (χ1v) is 9.44. The van der Waals surface area contributed by atoms with E-state index in [1.54, 1.807) is 16.3 Å². The van der Waals surface area contributed by atoms with Crippen LogP contribution in [0.15, 0.2) is 41.1 Å². The smallest absolute Gasteiger partial charge is 0.306 e. The van der Waals surface area contributed by atoms with Gasteiger partial charge in [-0.05, 0) is 35.9 Å². The van der Waals surface area contributed by atoms with Crippen molar-refractivity contribution in [1.82, 2.24) is 5.32 Å². The van der Waals surface area contributed by atoms with E-state index in [1.165, 1.54) is 11.3 Å². The summed E-state index contributed by atoms with van der Waals surface area (Å²) in [6.07, 6.45) is 1.45. The van der Waals surface area contributed by atoms with Crippen molar-refractivity contribution in [2.24, 2.45) is 0 Å². The maximum Gasteiger partial charge on any atom is 0.306 e. The maximum atomic E-state index is 12.3. The quantitative estimate of drug-likeness (QED) is 0.598. The fourth-order valence-electron chi connectivity index (χ4n) is 2.82. The van der Waals surface area contributed by atoms with Gasteiger partial charge in [0.25, 0.3) is 11.8 Å². The predicted octanol–water partition coefficient (Wildman–Crippen LogP) is 2.39. The van der Waals surface area contributed by atoms with Crippen molar-refractivity contribution in [2.75, 3.05) is 24.6 Å². The SMILES string of the molecule is O=C(CCCNC(=O)c1ccsc1)OCC(=O)N1CCc2ccccc21. The molecule has 26 heavy (non-hydrogen) atoms. The van der Waals surface area contributed by atoms with Crippen LogP contribution in [0, 0.1) is 0 Å². The number of hydrogen-bond acceptors (Lipinski definition) is 5. The minimum atomic E-state index is -0.435. The number of carbonyl (C=O) groups is 3. The largest absolute Gasteiger partial charge is 0.456 e. The minimum absolute atomic E-state index is 0.150. The Hall–Kier alpha value is -2.67. The summed E-state index contributed by atoms with van der Waals surface area (Å²) in [5, 5.41) is 6.35. The van der Waals surface area contributed by atoms with Crippen molar-refractivity contribution in [3.8, 4) is 0 Å². The zero-order chi connectivity index (χ0) is 18.4. The van der Waals surface area contributed by atoms with Crippen LogP contribution < -0.4 is 10.2 Å². The maximum absolute atomic E-state index is 12.3. The monoisotopic (exact) mass is 372 g/mol. The van der Waals surface area contributed by atoms with E-state index in [2.05, 4.69) is 5.32 Å². The Morgan fingerprint density at radius 1 is 1.19 bits per heavy atom. The van der Waals surface area contributed by atoms with Crippen molar-refractivity contribution in [2.45, 2.75) is 19.3 Å². The van der Waals surface area contributed by atoms with Gasteiger partial charge in [-0.15, -0.1) is 0 Å². The van der Waals surface area contributed by atoms with Crippen LogP contribution >= 0.6 is 11.3 Å². The van der Waals surface area contributed by atoms with Crippen molar-refractivity contribution in [1.29, 1.82) is 0 Å². The Morgan fingerprint density at radius 2 is 2.04 bits per heavy atom. The summed E-state index contributed by atoms with van der Waals surface area (Å²) in [6.45, 7) is 0.746. The highest BCUT2D eigenvalue weighted by atomic mass is 32.1. The minimum Gasteiger partial charge on any atom is -0.456 e. The van der Waals surface area contributed by atoms with Crippen LogP contribution in [0.5, 0.6) is 0 Å². The van der Waals surface area contributed by atoms with Gasteiger partial charge in [0.05, 0.1) is 0 Å². The van der Waals surface area contributed by atoms with E-state index in [9.17, 15) is 14.4 Å². The van der Waals surface area contributed by atoms with Gasteiger partial charge in [-0.25, -0.2) is 0 Å². The molecule has 0 saturated carbocycles. The second-order valence-electron chi connectivity index (χ2n) is 5.96. The molecule has 0 aliphatic carbocycles. The Morgan fingerprint density at radius 3 is 2.85 bits per heavy atom. The zero-order valence-electron chi connectivity index (χ0n) is 14.3. The molecule has 0 unspecified atom stereocenters. The molecule has 0 atom stereocenters. The van der Waals surface area contributed by atoms with E-state index < -0.39 is 5.97 Å². The first-order valence-electron chi connectivity index (χ1n) is 8.49. The number of anilines is 1. The molecule has 0 saturated heterocycles. The van der Waals surface area contributed by atoms with Gasteiger partial charge in [0.15, 0.2) is 6.61 Å². The molecule has 2 heterocycles. The Labute approximate surface area is 155 Å². The number of carbonyl (C=O) groups excluding carboxylic acids is 3. The van der Waals surface area contributed by atoms with Crippen LogP contribution in [0.1, 0.15) is 28.8 Å². The number of thiophene rings is 1. The Bertz CT molecular complexity index is 789. The number of nitrogens with zero attached hydrogens (tertiary/aromatic N) is 1. The molecule has 0 spiro atoms. The second-order valence-corrected chi connectivity index (χ2v) is 6.74. The van der Waals surface area contributed by atoms with Crippen LogP contribution in [0.4, 0.5) is 5.69 Å². The molecule has 0 radical (unpaired) electrons. The molecule has 1 N–H and O–H groups in total. The number of amides is 2. The van der Waals surface area contributed by atoms with E-state index in [0.717, 1.165) is 17.7 Å². The van der Waals surface area contributed by atoms with Crippen LogP contribution in [0.2, 0.25) is 0 Å². The van der Waals surface area contributed by atoms with E-state index in [4.69, 9.17) is 4.74 Å². The summed E-state index contributed by atoms with van der Waals surface area (Å²) < 4.78 is 5.07. The Balaban J connectivity index is 1.34. The number of esters is 1. The average Bonchev–Trinajstić information content (AvgIpc) is 3.32. The van der Waals surface area contributed by atoms with Crippen LogP contribution in [-0.2, 0) is 20.7 Å². The molecule has 1 aromatic carbocycles. The van der Waals surface area contributed by atoms with Gasteiger partial charge in [-0.3, -0.25) is 14.4 Å². The summed E-state index contributed by atoms with van der Waals surface area (Å²) in [6, 6.07) is 9.48. The van der Waals surface area contributed by atoms with Gasteiger partial charge >= 0.3 is 5.97 Å². The summed E-state index contributed by atoms with van der Waals surface area (Å²) >= 11 is 1.46. The van der Waals surface area contributed by atoms with Crippen molar-refractivity contribution >= 4 is 34.8 Å². The number of ether oxygens (including phenoxy) is 1. The molecular weight excluding hydrogens is 352 g/mol. The molecule has 2 aromatic rings. The summed E-state index contributed by atoms with van der Waals surface area (Å²) in [4.78, 5) is 37.4. The number of rotatable bonds is 7. The normalized spacial score (nSPS) is 12.5. The van der Waals surface area contributed by atoms with E-state index in [-0.39, 0.29) is 24.8 Å². The number of nitrogens with one attached hydrogen (secondary N) is 1. The molecule has 2 amide bonds. The Kier molecular flexibility index (Phi) is 6.01. The third-order valence-electron chi connectivity index (χ3n) is 4.17. The number of hydrogen-bond donors (Lipinski definition) is 1. The zero-order valence-corrected chi connectivity index (χ0v) is 15.1. The summed E-state index contributed by atoms with van der Waals surface area (Å²) in [7, 11) is 0. The molecule has 0 bridgehead atoms. The molecule has 1 aromatic heterocycles. The van der Waals surface area contributed by atoms with Gasteiger partial charge in [-0.2, -0.15) is 11.3 Å². The summed E-state index contributed by atoms with van der Waals surface area (Å²) in [5.41, 5.74) is 2.65. The molecule has 6 nitrogen and oxygen atoms in total. The van der Waals surface area contributed by atoms with Crippen molar-refractivity contribution < 1.29 is 19.1 Å². The number of para-hydroxylation sites is 1. The third kappa shape index (κ3) is 4.49. The van der Waals surface area contributed by atoms with Gasteiger partial charge in [0, 0.05) is 36.1 Å². The molecule has 1 aliphatic rings. The fourth-order valence-corrected chi connectivity index (χ4v) is 3.46. The highest BCUT2D eigenvalue weighted by Gasteiger charge is 2.24. The van der Waals surface area contributed by atoms with E-state index in [0.29, 0.717) is 25.1 Å². The molecule has 3 rings (SSSR count). The highest BCUT2D eigenvalue weighted by Crippen LogP contribution is 2.27. The first-order chi connectivity index (χ1) is 12.6. The lowest BCUT2D eigenvalue weighted by molar-refractivity contribution is -0.147. The molecule has 7 heteroatoms. The lowest BCUT2D eigenvalue weighted by Gasteiger charge is -2.17. The molecule has 0 fully saturated rings. The first kappa shape index (κ1) is 18.1. The molecule has 1 aliphatic heterocycles. The third-order valence-corrected chi connectivity index (χ3v) is 4.85. The van der Waals surface area contributed by atoms with Crippen molar-refractivity contribution in [3.63, 3.8) is 0 Å². The highest BCUT2D eigenvalue weighted by molar-refractivity contribution is 7.08. The number of fused-ring (bicyclic) bond motifs is 1. The standard InChI is InChI=1S/C19H20N2O4S/c22-17(21-10-7-14-4-1-2-5-16(14)21)12-25-18(23)6-3-9-20-19(24)15-8-11-26-13-15/h1-2,4-5,8,11,13H,3,6-7,9-10,12H2,(H,20,24). The van der Waals surface area contributed by atoms with Crippen LogP contribution in [0.25, 0.3) is 0 Å². The molecular formula is C19H20N2O4S. The average molecular weight is 372 g/mol. The molecule has 136 valence electrons. The van der Waals surface area contributed by atoms with Gasteiger partial charge in [-0.1, -0.05) is 18.2 Å². The summed E-state index contributed by atoms with van der Waals surface area (Å²) in [5.74, 6) is -0.799. The lowest BCUT2D eigenvalue weighted by Crippen LogP contribution is -2.33. The van der Waals surface area contributed by atoms with Crippen LogP contribution in [-0.4, -0.2) is 37.5 Å². The predicted molar refractivity (Wildman–Crippen MR) is 99.3 cm³/mol. The van der Waals surface area contributed by atoms with E-state index in [1.807, 2.05) is 29.6 Å². The van der Waals surface area contributed by atoms with Gasteiger partial charge < -0.3 is 15.0 Å². The second kappa shape index (κ2) is 8.62. The van der Waals surface area contributed by atoms with Gasteiger partial charge in [0.1, 0.15) is 0 Å². The number of benzene rings is 1. The van der Waals surface area contributed by atoms with Gasteiger partial charge in [0.2, 0.25) is 0 Å².